The summed E-state index contributed by atoms with van der Waals surface area (Å²) in [5, 5.41) is 0. The van der Waals surface area contributed by atoms with Crippen molar-refractivity contribution in [3.63, 3.8) is 0 Å². The van der Waals surface area contributed by atoms with Gasteiger partial charge < -0.3 is 14.5 Å². The normalized spacial score (nSPS) is 28.3. The zero-order valence-electron chi connectivity index (χ0n) is 18.0. The van der Waals surface area contributed by atoms with E-state index >= 15 is 0 Å². The molecule has 0 saturated carbocycles. The molecule has 2 fully saturated rings. The predicted octanol–water partition coefficient (Wildman–Crippen LogP) is 2.03. The van der Waals surface area contributed by atoms with E-state index < -0.39 is 17.4 Å². The fourth-order valence-electron chi connectivity index (χ4n) is 5.10. The molecule has 0 aliphatic carbocycles. The topological polar surface area (TPSA) is 75.6 Å². The van der Waals surface area contributed by atoms with Crippen molar-refractivity contribution in [3.8, 4) is 0 Å². The molecule has 4 heterocycles. The number of likely N-dealkylation sites (tertiary alicyclic amines) is 1. The Morgan fingerprint density at radius 2 is 2.13 bits per heavy atom. The second kappa shape index (κ2) is 7.27. The molecule has 5 rings (SSSR count). The third-order valence-corrected chi connectivity index (χ3v) is 6.80. The quantitative estimate of drug-likeness (QED) is 0.695. The van der Waals surface area contributed by atoms with Crippen LogP contribution in [0.2, 0.25) is 0 Å². The maximum atomic E-state index is 13.4. The maximum Gasteiger partial charge on any atom is 0.230 e. The first-order valence-corrected chi connectivity index (χ1v) is 10.6. The van der Waals surface area contributed by atoms with E-state index in [1.165, 1.54) is 11.1 Å². The highest BCUT2D eigenvalue weighted by Gasteiger charge is 2.67. The molecule has 2 bridgehead atoms. The van der Waals surface area contributed by atoms with Crippen molar-refractivity contribution in [1.29, 1.82) is 0 Å². The fraction of sp³-hybridized carbons (Fsp3) is 0.417. The van der Waals surface area contributed by atoms with E-state index in [0.717, 1.165) is 5.56 Å². The molecule has 0 N–H and O–H groups in total. The first-order valence-electron chi connectivity index (χ1n) is 10.6. The van der Waals surface area contributed by atoms with Gasteiger partial charge in [-0.3, -0.25) is 19.6 Å². The molecule has 2 amide bonds. The molecule has 7 nitrogen and oxygen atoms in total. The van der Waals surface area contributed by atoms with Gasteiger partial charge in [0.05, 0.1) is 42.9 Å². The van der Waals surface area contributed by atoms with Crippen LogP contribution in [-0.2, 0) is 27.4 Å². The van der Waals surface area contributed by atoms with Crippen molar-refractivity contribution in [3.05, 3.63) is 71.3 Å². The number of aryl methyl sites for hydroxylation is 2. The van der Waals surface area contributed by atoms with E-state index in [2.05, 4.69) is 42.0 Å². The Hall–Kier alpha value is -3.06. The molecular formula is C24H26N4O3. The van der Waals surface area contributed by atoms with E-state index in [0.29, 0.717) is 25.3 Å². The van der Waals surface area contributed by atoms with E-state index in [9.17, 15) is 9.59 Å². The van der Waals surface area contributed by atoms with Crippen LogP contribution in [0.1, 0.15) is 22.4 Å². The average Bonchev–Trinajstić information content (AvgIpc) is 3.39. The number of hydrogen-bond donors (Lipinski definition) is 0. The Kier molecular flexibility index (Phi) is 4.66. The van der Waals surface area contributed by atoms with Crippen LogP contribution >= 0.6 is 0 Å². The van der Waals surface area contributed by atoms with E-state index in [4.69, 9.17) is 4.74 Å². The number of carbonyl (C=O) groups excluding carboxylic acids is 2. The summed E-state index contributed by atoms with van der Waals surface area (Å²) in [4.78, 5) is 38.6. The van der Waals surface area contributed by atoms with Gasteiger partial charge in [0, 0.05) is 26.0 Å². The molecule has 4 atom stereocenters. The lowest BCUT2D eigenvalue weighted by Crippen LogP contribution is -2.44. The van der Waals surface area contributed by atoms with Crippen LogP contribution in [0.4, 0.5) is 0 Å². The molecule has 1 aromatic carbocycles. The molecule has 3 aliphatic heterocycles. The molecule has 0 radical (unpaired) electrons. The monoisotopic (exact) mass is 418 g/mol. The summed E-state index contributed by atoms with van der Waals surface area (Å²) >= 11 is 0. The molecule has 3 aliphatic rings. The van der Waals surface area contributed by atoms with Gasteiger partial charge in [-0.1, -0.05) is 30.4 Å². The molecule has 2 aromatic rings. The first-order chi connectivity index (χ1) is 14.9. The van der Waals surface area contributed by atoms with Crippen molar-refractivity contribution in [1.82, 2.24) is 19.8 Å². The van der Waals surface area contributed by atoms with E-state index in [1.54, 1.807) is 30.5 Å². The van der Waals surface area contributed by atoms with Gasteiger partial charge in [0.2, 0.25) is 11.8 Å². The number of rotatable bonds is 5. The van der Waals surface area contributed by atoms with Gasteiger partial charge in [-0.25, -0.2) is 0 Å². The summed E-state index contributed by atoms with van der Waals surface area (Å²) in [7, 11) is 1.74. The van der Waals surface area contributed by atoms with Crippen LogP contribution in [0.25, 0.3) is 0 Å². The van der Waals surface area contributed by atoms with Crippen LogP contribution in [0.15, 0.2) is 48.9 Å². The van der Waals surface area contributed by atoms with Crippen LogP contribution < -0.4 is 0 Å². The summed E-state index contributed by atoms with van der Waals surface area (Å²) < 4.78 is 6.25. The SMILES string of the molecule is Cc1ccc(CN2C[C@]34C=C[C@H](O3)C(C(=O)N(C)Cc3cnccn3)C4C2=O)cc1C. The van der Waals surface area contributed by atoms with Crippen LogP contribution in [0.5, 0.6) is 0 Å². The lowest BCUT2D eigenvalue weighted by molar-refractivity contribution is -0.142. The predicted molar refractivity (Wildman–Crippen MR) is 114 cm³/mol. The number of benzene rings is 1. The van der Waals surface area contributed by atoms with Gasteiger partial charge in [0.15, 0.2) is 0 Å². The lowest BCUT2D eigenvalue weighted by atomic mass is 9.76. The molecule has 7 heteroatoms. The van der Waals surface area contributed by atoms with Gasteiger partial charge in [0.1, 0.15) is 5.60 Å². The van der Waals surface area contributed by atoms with Crippen molar-refractivity contribution in [2.24, 2.45) is 11.8 Å². The minimum atomic E-state index is -0.699. The summed E-state index contributed by atoms with van der Waals surface area (Å²) in [5.41, 5.74) is 3.54. The molecular weight excluding hydrogens is 392 g/mol. The highest BCUT2D eigenvalue weighted by molar-refractivity contribution is 5.93. The summed E-state index contributed by atoms with van der Waals surface area (Å²) in [6.07, 6.45) is 8.45. The maximum absolute atomic E-state index is 13.4. The number of nitrogens with zero attached hydrogens (tertiary/aromatic N) is 4. The Bertz CT molecular complexity index is 1070. The molecule has 31 heavy (non-hydrogen) atoms. The number of ether oxygens (including phenoxy) is 1. The Balaban J connectivity index is 1.36. The van der Waals surface area contributed by atoms with E-state index in [1.807, 2.05) is 17.1 Å². The zero-order chi connectivity index (χ0) is 21.8. The summed E-state index contributed by atoms with van der Waals surface area (Å²) in [6.45, 7) is 5.51. The molecule has 2 saturated heterocycles. The van der Waals surface area contributed by atoms with E-state index in [-0.39, 0.29) is 17.9 Å². The Labute approximate surface area is 181 Å². The second-order valence-electron chi connectivity index (χ2n) is 8.90. The third kappa shape index (κ3) is 3.24. The first kappa shape index (κ1) is 19.9. The van der Waals surface area contributed by atoms with Crippen LogP contribution in [0.3, 0.4) is 0 Å². The second-order valence-corrected chi connectivity index (χ2v) is 8.90. The molecule has 1 spiro atoms. The lowest BCUT2D eigenvalue weighted by Gasteiger charge is -2.27. The van der Waals surface area contributed by atoms with Gasteiger partial charge in [-0.05, 0) is 30.5 Å². The summed E-state index contributed by atoms with van der Waals surface area (Å²) in [6, 6.07) is 6.27. The number of aromatic nitrogens is 2. The van der Waals surface area contributed by atoms with Crippen LogP contribution in [0, 0.1) is 25.7 Å². The summed E-state index contributed by atoms with van der Waals surface area (Å²) in [5.74, 6) is -1.08. The number of fused-ring (bicyclic) bond motifs is 1. The highest BCUT2D eigenvalue weighted by Crippen LogP contribution is 2.52. The standard InChI is InChI=1S/C24H26N4O3/c1-15-4-5-17(10-16(15)2)12-28-14-24-7-6-19(31-24)20(21(24)23(28)30)22(29)27(3)13-18-11-25-8-9-26-18/h4-11,19-21H,12-14H2,1-3H3/t19-,20?,21?,24-/m0/s1. The third-order valence-electron chi connectivity index (χ3n) is 6.80. The zero-order valence-corrected chi connectivity index (χ0v) is 18.0. The Morgan fingerprint density at radius 3 is 2.87 bits per heavy atom. The number of hydrogen-bond acceptors (Lipinski definition) is 5. The van der Waals surface area contributed by atoms with Crippen molar-refractivity contribution >= 4 is 11.8 Å². The average molecular weight is 418 g/mol. The number of carbonyl (C=O) groups is 2. The van der Waals surface area contributed by atoms with Gasteiger partial charge in [-0.2, -0.15) is 0 Å². The smallest absolute Gasteiger partial charge is 0.230 e. The molecule has 1 aromatic heterocycles. The molecule has 2 unspecified atom stereocenters. The van der Waals surface area contributed by atoms with Gasteiger partial charge in [-0.15, -0.1) is 0 Å². The fourth-order valence-corrected chi connectivity index (χ4v) is 5.10. The van der Waals surface area contributed by atoms with Crippen molar-refractivity contribution < 1.29 is 14.3 Å². The van der Waals surface area contributed by atoms with Crippen molar-refractivity contribution in [2.45, 2.75) is 38.6 Å². The van der Waals surface area contributed by atoms with Gasteiger partial charge in [0.25, 0.3) is 0 Å². The van der Waals surface area contributed by atoms with Gasteiger partial charge >= 0.3 is 0 Å². The number of amides is 2. The van der Waals surface area contributed by atoms with Crippen molar-refractivity contribution in [2.75, 3.05) is 13.6 Å². The highest BCUT2D eigenvalue weighted by atomic mass is 16.5. The van der Waals surface area contributed by atoms with Crippen LogP contribution in [-0.4, -0.2) is 56.9 Å². The Morgan fingerprint density at radius 1 is 1.29 bits per heavy atom. The minimum Gasteiger partial charge on any atom is -0.360 e. The minimum absolute atomic E-state index is 0.00340. The molecule has 160 valence electrons. The largest absolute Gasteiger partial charge is 0.360 e.